The Bertz CT molecular complexity index is 374. The van der Waals surface area contributed by atoms with Crippen LogP contribution in [-0.4, -0.2) is 46.2 Å². The molecule has 1 N–H and O–H groups in total. The molecule has 0 aliphatic carbocycles. The van der Waals surface area contributed by atoms with Crippen molar-refractivity contribution in [3.63, 3.8) is 0 Å². The second kappa shape index (κ2) is 5.47. The number of sulfone groups is 1. The lowest BCUT2D eigenvalue weighted by Gasteiger charge is -2.47. The van der Waals surface area contributed by atoms with Crippen molar-refractivity contribution in [3.05, 3.63) is 0 Å². The zero-order valence-electron chi connectivity index (χ0n) is 11.4. The number of hydrogen-bond acceptors (Lipinski definition) is 4. The fraction of sp³-hybridized carbons (Fsp3) is 1.00. The van der Waals surface area contributed by atoms with Crippen LogP contribution in [0.25, 0.3) is 0 Å². The van der Waals surface area contributed by atoms with Gasteiger partial charge in [-0.3, -0.25) is 0 Å². The van der Waals surface area contributed by atoms with E-state index in [1.54, 1.807) is 0 Å². The molecule has 4 nitrogen and oxygen atoms in total. The van der Waals surface area contributed by atoms with Crippen molar-refractivity contribution >= 4 is 9.84 Å². The van der Waals surface area contributed by atoms with E-state index < -0.39 is 9.84 Å². The SMILES string of the molecule is CC(C)COCCC1(C2CCS(=O)(=O)C2)CNC1. The Morgan fingerprint density at radius 1 is 1.39 bits per heavy atom. The summed E-state index contributed by atoms with van der Waals surface area (Å²) in [5.74, 6) is 1.67. The highest BCUT2D eigenvalue weighted by molar-refractivity contribution is 7.91. The molecule has 2 aliphatic heterocycles. The molecule has 2 rings (SSSR count). The highest BCUT2D eigenvalue weighted by Crippen LogP contribution is 2.41. The van der Waals surface area contributed by atoms with Gasteiger partial charge >= 0.3 is 0 Å². The Morgan fingerprint density at radius 3 is 2.56 bits per heavy atom. The molecular weight excluding hydrogens is 250 g/mol. The maximum absolute atomic E-state index is 11.6. The van der Waals surface area contributed by atoms with E-state index in [-0.39, 0.29) is 5.41 Å². The van der Waals surface area contributed by atoms with Gasteiger partial charge in [-0.05, 0) is 24.7 Å². The van der Waals surface area contributed by atoms with Crippen molar-refractivity contribution in [1.29, 1.82) is 0 Å². The predicted octanol–water partition coefficient (Wildman–Crippen LogP) is 1.07. The molecule has 0 saturated carbocycles. The van der Waals surface area contributed by atoms with E-state index in [4.69, 9.17) is 4.74 Å². The lowest BCUT2D eigenvalue weighted by molar-refractivity contribution is 0.0233. The van der Waals surface area contributed by atoms with Crippen LogP contribution in [0, 0.1) is 17.3 Å². The zero-order chi connectivity index (χ0) is 13.2. The zero-order valence-corrected chi connectivity index (χ0v) is 12.3. The summed E-state index contributed by atoms with van der Waals surface area (Å²) >= 11 is 0. The Labute approximate surface area is 110 Å². The maximum Gasteiger partial charge on any atom is 0.150 e. The lowest BCUT2D eigenvalue weighted by atomic mass is 9.68. The van der Waals surface area contributed by atoms with Crippen LogP contribution in [0.5, 0.6) is 0 Å². The highest BCUT2D eigenvalue weighted by Gasteiger charge is 2.47. The van der Waals surface area contributed by atoms with Gasteiger partial charge in [0.25, 0.3) is 0 Å². The summed E-state index contributed by atoms with van der Waals surface area (Å²) in [5, 5.41) is 3.31. The summed E-state index contributed by atoms with van der Waals surface area (Å²) in [5.41, 5.74) is 0.181. The van der Waals surface area contributed by atoms with Gasteiger partial charge in [-0.1, -0.05) is 13.8 Å². The standard InChI is InChI=1S/C13H25NO3S/c1-11(2)7-17-5-4-13(9-14-10-13)12-3-6-18(15,16)8-12/h11-12,14H,3-10H2,1-2H3. The molecule has 18 heavy (non-hydrogen) atoms. The summed E-state index contributed by atoms with van der Waals surface area (Å²) < 4.78 is 28.9. The fourth-order valence-electron chi connectivity index (χ4n) is 2.99. The molecule has 106 valence electrons. The normalized spacial score (nSPS) is 29.4. The largest absolute Gasteiger partial charge is 0.381 e. The maximum atomic E-state index is 11.6. The summed E-state index contributed by atoms with van der Waals surface area (Å²) in [6.45, 7) is 7.76. The smallest absolute Gasteiger partial charge is 0.150 e. The van der Waals surface area contributed by atoms with Crippen molar-refractivity contribution < 1.29 is 13.2 Å². The van der Waals surface area contributed by atoms with Crippen LogP contribution in [-0.2, 0) is 14.6 Å². The molecule has 1 unspecified atom stereocenters. The van der Waals surface area contributed by atoms with Crippen LogP contribution < -0.4 is 5.32 Å². The minimum absolute atomic E-state index is 0.181. The molecular formula is C13H25NO3S. The summed E-state index contributed by atoms with van der Waals surface area (Å²) in [6.07, 6.45) is 1.83. The minimum atomic E-state index is -2.77. The molecule has 0 amide bonds. The number of hydrogen-bond donors (Lipinski definition) is 1. The highest BCUT2D eigenvalue weighted by atomic mass is 32.2. The molecule has 5 heteroatoms. The first-order valence-electron chi connectivity index (χ1n) is 6.92. The van der Waals surface area contributed by atoms with Gasteiger partial charge in [0.15, 0.2) is 9.84 Å². The van der Waals surface area contributed by atoms with Crippen LogP contribution in [0.3, 0.4) is 0 Å². The third kappa shape index (κ3) is 3.25. The van der Waals surface area contributed by atoms with Crippen LogP contribution in [0.4, 0.5) is 0 Å². The van der Waals surface area contributed by atoms with E-state index >= 15 is 0 Å². The van der Waals surface area contributed by atoms with Crippen molar-refractivity contribution in [2.75, 3.05) is 37.8 Å². The molecule has 2 aliphatic rings. The van der Waals surface area contributed by atoms with Gasteiger partial charge in [0.1, 0.15) is 0 Å². The number of rotatable bonds is 6. The second-order valence-corrected chi connectivity index (χ2v) is 8.51. The Balaban J connectivity index is 1.83. The molecule has 0 spiro atoms. The average molecular weight is 275 g/mol. The Morgan fingerprint density at radius 2 is 2.11 bits per heavy atom. The average Bonchev–Trinajstić information content (AvgIpc) is 2.56. The summed E-state index contributed by atoms with van der Waals surface area (Å²) in [4.78, 5) is 0. The Kier molecular flexibility index (Phi) is 4.34. The topological polar surface area (TPSA) is 55.4 Å². The molecule has 0 aromatic rings. The van der Waals surface area contributed by atoms with Gasteiger partial charge in [0, 0.05) is 31.7 Å². The van der Waals surface area contributed by atoms with E-state index in [0.29, 0.717) is 23.3 Å². The van der Waals surface area contributed by atoms with Gasteiger partial charge in [0.2, 0.25) is 0 Å². The number of ether oxygens (including phenoxy) is 1. The van der Waals surface area contributed by atoms with Gasteiger partial charge < -0.3 is 10.1 Å². The van der Waals surface area contributed by atoms with E-state index in [9.17, 15) is 8.42 Å². The van der Waals surface area contributed by atoms with Gasteiger partial charge in [0.05, 0.1) is 11.5 Å². The van der Waals surface area contributed by atoms with Crippen LogP contribution in [0.15, 0.2) is 0 Å². The molecule has 0 aromatic heterocycles. The van der Waals surface area contributed by atoms with E-state index in [0.717, 1.165) is 39.1 Å². The van der Waals surface area contributed by atoms with Crippen LogP contribution in [0.1, 0.15) is 26.7 Å². The lowest BCUT2D eigenvalue weighted by Crippen LogP contribution is -2.58. The van der Waals surface area contributed by atoms with Gasteiger partial charge in [-0.25, -0.2) is 8.42 Å². The fourth-order valence-corrected chi connectivity index (χ4v) is 4.93. The minimum Gasteiger partial charge on any atom is -0.381 e. The summed E-state index contributed by atoms with van der Waals surface area (Å²) in [7, 11) is -2.77. The second-order valence-electron chi connectivity index (χ2n) is 6.28. The molecule has 1 atom stereocenters. The van der Waals surface area contributed by atoms with Crippen molar-refractivity contribution in [2.45, 2.75) is 26.7 Å². The van der Waals surface area contributed by atoms with Crippen molar-refractivity contribution in [2.24, 2.45) is 17.3 Å². The van der Waals surface area contributed by atoms with Crippen LogP contribution in [0.2, 0.25) is 0 Å². The first-order chi connectivity index (χ1) is 8.44. The van der Waals surface area contributed by atoms with E-state index in [1.807, 2.05) is 0 Å². The quantitative estimate of drug-likeness (QED) is 0.737. The van der Waals surface area contributed by atoms with Crippen molar-refractivity contribution in [3.8, 4) is 0 Å². The van der Waals surface area contributed by atoms with Gasteiger partial charge in [-0.2, -0.15) is 0 Å². The molecule has 2 heterocycles. The van der Waals surface area contributed by atoms with Crippen molar-refractivity contribution in [1.82, 2.24) is 5.32 Å². The predicted molar refractivity (Wildman–Crippen MR) is 72.3 cm³/mol. The summed E-state index contributed by atoms with van der Waals surface area (Å²) in [6, 6.07) is 0. The van der Waals surface area contributed by atoms with Crippen LogP contribution >= 0.6 is 0 Å². The first kappa shape index (κ1) is 14.3. The molecule has 0 radical (unpaired) electrons. The first-order valence-corrected chi connectivity index (χ1v) is 8.75. The third-order valence-electron chi connectivity index (χ3n) is 4.25. The third-order valence-corrected chi connectivity index (χ3v) is 6.02. The molecule has 0 bridgehead atoms. The van der Waals surface area contributed by atoms with E-state index in [1.165, 1.54) is 0 Å². The Hall–Kier alpha value is -0.130. The molecule has 2 saturated heterocycles. The number of nitrogens with one attached hydrogen (secondary N) is 1. The van der Waals surface area contributed by atoms with E-state index in [2.05, 4.69) is 19.2 Å². The molecule has 2 fully saturated rings. The monoisotopic (exact) mass is 275 g/mol. The molecule has 0 aromatic carbocycles. The van der Waals surface area contributed by atoms with Gasteiger partial charge in [-0.15, -0.1) is 0 Å².